The number of anilines is 1. The van der Waals surface area contributed by atoms with Gasteiger partial charge in [0.1, 0.15) is 5.75 Å². The Morgan fingerprint density at radius 1 is 1.45 bits per heavy atom. The standard InChI is InChI=1S/C13H15ClN2O4/c1-19-11-4-3-9(14)6-10(11)16-7-8(5-12(16)17)13(18)15-20-2/h3-4,6,8H,5,7H2,1-2H3,(H,15,18)/t8-/m1/s1. The van der Waals surface area contributed by atoms with Gasteiger partial charge in [-0.05, 0) is 18.2 Å². The lowest BCUT2D eigenvalue weighted by molar-refractivity contribution is -0.135. The van der Waals surface area contributed by atoms with Crippen molar-refractivity contribution in [3.05, 3.63) is 23.2 Å². The summed E-state index contributed by atoms with van der Waals surface area (Å²) in [6.07, 6.45) is 0.130. The van der Waals surface area contributed by atoms with Crippen molar-refractivity contribution >= 4 is 29.1 Å². The Kier molecular flexibility index (Phi) is 4.46. The van der Waals surface area contributed by atoms with Crippen molar-refractivity contribution in [1.29, 1.82) is 0 Å². The molecule has 0 aromatic heterocycles. The molecule has 1 aromatic rings. The molecule has 7 heteroatoms. The maximum Gasteiger partial charge on any atom is 0.248 e. The van der Waals surface area contributed by atoms with Gasteiger partial charge in [0.2, 0.25) is 11.8 Å². The van der Waals surface area contributed by atoms with E-state index in [0.29, 0.717) is 16.5 Å². The molecule has 0 spiro atoms. The summed E-state index contributed by atoms with van der Waals surface area (Å²) >= 11 is 5.96. The minimum absolute atomic E-state index is 0.130. The fourth-order valence-corrected chi connectivity index (χ4v) is 2.34. The van der Waals surface area contributed by atoms with Gasteiger partial charge in [-0.1, -0.05) is 11.6 Å². The first-order valence-corrected chi connectivity index (χ1v) is 6.41. The van der Waals surface area contributed by atoms with Crippen LogP contribution < -0.4 is 15.1 Å². The topological polar surface area (TPSA) is 67.9 Å². The number of hydrogen-bond acceptors (Lipinski definition) is 4. The van der Waals surface area contributed by atoms with E-state index in [2.05, 4.69) is 10.3 Å². The molecule has 0 aliphatic carbocycles. The van der Waals surface area contributed by atoms with Gasteiger partial charge >= 0.3 is 0 Å². The summed E-state index contributed by atoms with van der Waals surface area (Å²) in [7, 11) is 2.87. The van der Waals surface area contributed by atoms with Crippen molar-refractivity contribution in [2.45, 2.75) is 6.42 Å². The van der Waals surface area contributed by atoms with Crippen molar-refractivity contribution in [2.24, 2.45) is 5.92 Å². The van der Waals surface area contributed by atoms with Gasteiger partial charge in [-0.25, -0.2) is 5.48 Å². The molecule has 1 atom stereocenters. The number of hydroxylamine groups is 1. The monoisotopic (exact) mass is 298 g/mol. The molecule has 1 aliphatic rings. The van der Waals surface area contributed by atoms with Crippen molar-refractivity contribution < 1.29 is 19.2 Å². The maximum absolute atomic E-state index is 12.1. The minimum atomic E-state index is -0.453. The number of amides is 2. The first kappa shape index (κ1) is 14.6. The second-order valence-corrected chi connectivity index (χ2v) is 4.83. The van der Waals surface area contributed by atoms with Gasteiger partial charge in [0, 0.05) is 18.0 Å². The number of methoxy groups -OCH3 is 1. The summed E-state index contributed by atoms with van der Waals surface area (Å²) < 4.78 is 5.23. The summed E-state index contributed by atoms with van der Waals surface area (Å²) in [5.74, 6) is -0.382. The molecule has 0 bridgehead atoms. The molecule has 1 aliphatic heterocycles. The predicted octanol–water partition coefficient (Wildman–Crippen LogP) is 1.38. The molecular formula is C13H15ClN2O4. The van der Waals surface area contributed by atoms with Crippen LogP contribution in [0.15, 0.2) is 18.2 Å². The molecule has 108 valence electrons. The molecule has 0 unspecified atom stereocenters. The number of nitrogens with zero attached hydrogens (tertiary/aromatic N) is 1. The normalized spacial score (nSPS) is 18.2. The van der Waals surface area contributed by atoms with Gasteiger partial charge in [0.25, 0.3) is 0 Å². The number of rotatable bonds is 4. The summed E-state index contributed by atoms with van der Waals surface area (Å²) in [6, 6.07) is 5.02. The molecule has 2 rings (SSSR count). The van der Waals surface area contributed by atoms with E-state index in [9.17, 15) is 9.59 Å². The van der Waals surface area contributed by atoms with Crippen LogP contribution in [0.3, 0.4) is 0 Å². The Balaban J connectivity index is 2.24. The molecule has 1 saturated heterocycles. The Labute approximate surface area is 121 Å². The first-order valence-electron chi connectivity index (χ1n) is 6.03. The zero-order chi connectivity index (χ0) is 14.7. The summed E-state index contributed by atoms with van der Waals surface area (Å²) in [6.45, 7) is 0.269. The SMILES string of the molecule is CONC(=O)[C@@H]1CC(=O)N(c2cc(Cl)ccc2OC)C1. The number of halogens is 1. The molecular weight excluding hydrogens is 284 g/mol. The summed E-state index contributed by atoms with van der Waals surface area (Å²) in [5, 5.41) is 0.499. The molecule has 0 radical (unpaired) electrons. The number of carbonyl (C=O) groups excluding carboxylic acids is 2. The smallest absolute Gasteiger partial charge is 0.248 e. The Bertz CT molecular complexity index is 535. The third-order valence-corrected chi connectivity index (χ3v) is 3.37. The molecule has 6 nitrogen and oxygen atoms in total. The van der Waals surface area contributed by atoms with E-state index in [0.717, 1.165) is 0 Å². The highest BCUT2D eigenvalue weighted by molar-refractivity contribution is 6.31. The minimum Gasteiger partial charge on any atom is -0.495 e. The molecule has 20 heavy (non-hydrogen) atoms. The fourth-order valence-electron chi connectivity index (χ4n) is 2.17. The quantitative estimate of drug-likeness (QED) is 0.853. The molecule has 1 aromatic carbocycles. The van der Waals surface area contributed by atoms with Gasteiger partial charge in [-0.15, -0.1) is 0 Å². The molecule has 2 amide bonds. The van der Waals surface area contributed by atoms with Crippen LogP contribution in [0.1, 0.15) is 6.42 Å². The third-order valence-electron chi connectivity index (χ3n) is 3.13. The molecule has 1 heterocycles. The lowest BCUT2D eigenvalue weighted by atomic mass is 10.1. The Morgan fingerprint density at radius 2 is 2.20 bits per heavy atom. The van der Waals surface area contributed by atoms with Crippen LogP contribution in [0.4, 0.5) is 5.69 Å². The molecule has 1 fully saturated rings. The average molecular weight is 299 g/mol. The van der Waals surface area contributed by atoms with Crippen molar-refractivity contribution in [1.82, 2.24) is 5.48 Å². The number of hydrogen-bond donors (Lipinski definition) is 1. The third kappa shape index (κ3) is 2.86. The van der Waals surface area contributed by atoms with E-state index in [1.807, 2.05) is 0 Å². The van der Waals surface area contributed by atoms with E-state index in [-0.39, 0.29) is 24.8 Å². The van der Waals surface area contributed by atoms with E-state index >= 15 is 0 Å². The van der Waals surface area contributed by atoms with E-state index in [1.165, 1.54) is 19.1 Å². The highest BCUT2D eigenvalue weighted by atomic mass is 35.5. The lowest BCUT2D eigenvalue weighted by Crippen LogP contribution is -2.32. The average Bonchev–Trinajstić information content (AvgIpc) is 2.81. The van der Waals surface area contributed by atoms with Gasteiger partial charge in [-0.2, -0.15) is 0 Å². The molecule has 0 saturated carbocycles. The second kappa shape index (κ2) is 6.11. The van der Waals surface area contributed by atoms with Crippen LogP contribution in [0.25, 0.3) is 0 Å². The van der Waals surface area contributed by atoms with E-state index < -0.39 is 5.92 Å². The Hall–Kier alpha value is -1.79. The zero-order valence-corrected chi connectivity index (χ0v) is 11.9. The van der Waals surface area contributed by atoms with Gasteiger partial charge in [0.05, 0.1) is 25.8 Å². The van der Waals surface area contributed by atoms with Crippen molar-refractivity contribution in [3.63, 3.8) is 0 Å². The van der Waals surface area contributed by atoms with Crippen LogP contribution in [0.2, 0.25) is 5.02 Å². The highest BCUT2D eigenvalue weighted by Gasteiger charge is 2.36. The maximum atomic E-state index is 12.1. The number of benzene rings is 1. The summed E-state index contributed by atoms with van der Waals surface area (Å²) in [4.78, 5) is 29.9. The van der Waals surface area contributed by atoms with Crippen LogP contribution in [0, 0.1) is 5.92 Å². The van der Waals surface area contributed by atoms with E-state index in [4.69, 9.17) is 16.3 Å². The Morgan fingerprint density at radius 3 is 2.85 bits per heavy atom. The lowest BCUT2D eigenvalue weighted by Gasteiger charge is -2.19. The van der Waals surface area contributed by atoms with Gasteiger partial charge in [0.15, 0.2) is 0 Å². The number of carbonyl (C=O) groups is 2. The zero-order valence-electron chi connectivity index (χ0n) is 11.2. The van der Waals surface area contributed by atoms with Crippen LogP contribution in [-0.4, -0.2) is 32.6 Å². The number of ether oxygens (including phenoxy) is 1. The highest BCUT2D eigenvalue weighted by Crippen LogP contribution is 2.35. The fraction of sp³-hybridized carbons (Fsp3) is 0.385. The van der Waals surface area contributed by atoms with Crippen LogP contribution >= 0.6 is 11.6 Å². The first-order chi connectivity index (χ1) is 9.56. The molecule has 1 N–H and O–H groups in total. The second-order valence-electron chi connectivity index (χ2n) is 4.39. The van der Waals surface area contributed by atoms with Crippen LogP contribution in [0.5, 0.6) is 5.75 Å². The van der Waals surface area contributed by atoms with Gasteiger partial charge < -0.3 is 9.64 Å². The van der Waals surface area contributed by atoms with Gasteiger partial charge in [-0.3, -0.25) is 14.4 Å². The van der Waals surface area contributed by atoms with Crippen LogP contribution in [-0.2, 0) is 14.4 Å². The van der Waals surface area contributed by atoms with Crippen molar-refractivity contribution in [2.75, 3.05) is 25.7 Å². The number of nitrogens with one attached hydrogen (secondary N) is 1. The largest absolute Gasteiger partial charge is 0.495 e. The summed E-state index contributed by atoms with van der Waals surface area (Å²) in [5.41, 5.74) is 2.81. The van der Waals surface area contributed by atoms with Crippen molar-refractivity contribution in [3.8, 4) is 5.75 Å². The predicted molar refractivity (Wildman–Crippen MR) is 73.6 cm³/mol. The van der Waals surface area contributed by atoms with E-state index in [1.54, 1.807) is 18.2 Å².